The number of carbonyl (C=O) groups is 1. The molecule has 0 N–H and O–H groups in total. The highest BCUT2D eigenvalue weighted by molar-refractivity contribution is 6.11. The molecule has 2 heterocycles. The standard InChI is InChI=1S/C24H19NO2/c1-16-7-11-19(12-8-16)25-23(26)14-10-18-9-13-21-20(24(18)25)15-22(27-21)17-5-3-2-4-6-17/h2-9,11-13,15H,10,14H2,1H3. The van der Waals surface area contributed by atoms with E-state index >= 15 is 0 Å². The van der Waals surface area contributed by atoms with Crippen LogP contribution in [0.3, 0.4) is 0 Å². The third kappa shape index (κ3) is 2.63. The largest absolute Gasteiger partial charge is 0.456 e. The Morgan fingerprint density at radius 1 is 0.889 bits per heavy atom. The van der Waals surface area contributed by atoms with E-state index in [4.69, 9.17) is 4.42 Å². The van der Waals surface area contributed by atoms with Gasteiger partial charge in [0.05, 0.1) is 5.69 Å². The number of furan rings is 1. The third-order valence-electron chi connectivity index (χ3n) is 5.19. The van der Waals surface area contributed by atoms with Crippen molar-refractivity contribution in [1.82, 2.24) is 0 Å². The summed E-state index contributed by atoms with van der Waals surface area (Å²) < 4.78 is 6.12. The lowest BCUT2D eigenvalue weighted by Gasteiger charge is -2.30. The molecule has 1 amide bonds. The molecule has 4 aromatic rings. The van der Waals surface area contributed by atoms with Gasteiger partial charge in [-0.2, -0.15) is 0 Å². The van der Waals surface area contributed by atoms with E-state index in [1.54, 1.807) is 0 Å². The molecule has 0 radical (unpaired) electrons. The number of hydrogen-bond acceptors (Lipinski definition) is 2. The average molecular weight is 353 g/mol. The van der Waals surface area contributed by atoms with Crippen LogP contribution in [0.25, 0.3) is 22.3 Å². The second kappa shape index (κ2) is 6.13. The zero-order valence-corrected chi connectivity index (χ0v) is 15.1. The molecule has 0 aliphatic carbocycles. The summed E-state index contributed by atoms with van der Waals surface area (Å²) in [7, 11) is 0. The molecule has 0 bridgehead atoms. The predicted molar refractivity (Wildman–Crippen MR) is 108 cm³/mol. The minimum Gasteiger partial charge on any atom is -0.456 e. The van der Waals surface area contributed by atoms with Crippen LogP contribution in [-0.2, 0) is 11.2 Å². The molecule has 1 aromatic heterocycles. The van der Waals surface area contributed by atoms with Crippen LogP contribution in [0.2, 0.25) is 0 Å². The molecule has 1 aliphatic heterocycles. The first kappa shape index (κ1) is 15.9. The molecular formula is C24H19NO2. The van der Waals surface area contributed by atoms with Crippen LogP contribution < -0.4 is 4.90 Å². The molecule has 1 aliphatic rings. The first-order valence-electron chi connectivity index (χ1n) is 9.21. The maximum absolute atomic E-state index is 12.9. The van der Waals surface area contributed by atoms with E-state index in [1.165, 1.54) is 11.1 Å². The summed E-state index contributed by atoms with van der Waals surface area (Å²) >= 11 is 0. The Balaban J connectivity index is 1.73. The minimum absolute atomic E-state index is 0.126. The van der Waals surface area contributed by atoms with Gasteiger partial charge in [0.15, 0.2) is 0 Å². The monoisotopic (exact) mass is 353 g/mol. The van der Waals surface area contributed by atoms with Gasteiger partial charge in [0.25, 0.3) is 0 Å². The summed E-state index contributed by atoms with van der Waals surface area (Å²) in [4.78, 5) is 14.7. The maximum atomic E-state index is 12.9. The summed E-state index contributed by atoms with van der Waals surface area (Å²) in [5, 5.41) is 0.986. The van der Waals surface area contributed by atoms with Gasteiger partial charge in [-0.25, -0.2) is 0 Å². The van der Waals surface area contributed by atoms with Gasteiger partial charge in [-0.15, -0.1) is 0 Å². The number of aryl methyl sites for hydroxylation is 2. The Bertz CT molecular complexity index is 1140. The van der Waals surface area contributed by atoms with E-state index in [2.05, 4.69) is 19.1 Å². The predicted octanol–water partition coefficient (Wildman–Crippen LogP) is 6.02. The maximum Gasteiger partial charge on any atom is 0.231 e. The van der Waals surface area contributed by atoms with Crippen LogP contribution in [0.1, 0.15) is 17.5 Å². The molecule has 27 heavy (non-hydrogen) atoms. The van der Waals surface area contributed by atoms with E-state index in [-0.39, 0.29) is 5.91 Å². The van der Waals surface area contributed by atoms with Gasteiger partial charge < -0.3 is 4.42 Å². The Kier molecular flexibility index (Phi) is 3.61. The lowest BCUT2D eigenvalue weighted by Crippen LogP contribution is -2.30. The van der Waals surface area contributed by atoms with Gasteiger partial charge in [0.1, 0.15) is 11.3 Å². The van der Waals surface area contributed by atoms with E-state index in [1.807, 2.05) is 65.6 Å². The van der Waals surface area contributed by atoms with Crippen LogP contribution in [0.5, 0.6) is 0 Å². The van der Waals surface area contributed by atoms with Crippen molar-refractivity contribution in [2.45, 2.75) is 19.8 Å². The number of anilines is 2. The van der Waals surface area contributed by atoms with E-state index in [0.717, 1.165) is 40.1 Å². The van der Waals surface area contributed by atoms with Crippen molar-refractivity contribution >= 4 is 28.3 Å². The summed E-state index contributed by atoms with van der Waals surface area (Å²) in [5.41, 5.74) is 6.06. The van der Waals surface area contributed by atoms with Crippen molar-refractivity contribution < 1.29 is 9.21 Å². The summed E-state index contributed by atoms with van der Waals surface area (Å²) in [6.45, 7) is 2.05. The minimum atomic E-state index is 0.126. The van der Waals surface area contributed by atoms with Crippen LogP contribution in [0.15, 0.2) is 77.2 Å². The Hall–Kier alpha value is -3.33. The topological polar surface area (TPSA) is 33.5 Å². The molecule has 3 heteroatoms. The van der Waals surface area contributed by atoms with Gasteiger partial charge in [0.2, 0.25) is 5.91 Å². The zero-order valence-electron chi connectivity index (χ0n) is 15.1. The molecule has 0 unspecified atom stereocenters. The molecule has 0 saturated heterocycles. The first-order valence-corrected chi connectivity index (χ1v) is 9.21. The molecule has 0 atom stereocenters. The van der Waals surface area contributed by atoms with Crippen molar-refractivity contribution in [2.75, 3.05) is 4.90 Å². The lowest BCUT2D eigenvalue weighted by atomic mass is 9.97. The Labute approximate surface area is 157 Å². The van der Waals surface area contributed by atoms with Crippen molar-refractivity contribution in [1.29, 1.82) is 0 Å². The van der Waals surface area contributed by atoms with Crippen molar-refractivity contribution in [3.05, 3.63) is 83.9 Å². The van der Waals surface area contributed by atoms with Crippen molar-refractivity contribution in [3.63, 3.8) is 0 Å². The van der Waals surface area contributed by atoms with Crippen LogP contribution in [0, 0.1) is 6.92 Å². The second-order valence-corrected chi connectivity index (χ2v) is 7.03. The number of hydrogen-bond donors (Lipinski definition) is 0. The summed E-state index contributed by atoms with van der Waals surface area (Å²) in [6, 6.07) is 24.3. The fraction of sp³-hybridized carbons (Fsp3) is 0.125. The fourth-order valence-electron chi connectivity index (χ4n) is 3.80. The van der Waals surface area contributed by atoms with Crippen LogP contribution >= 0.6 is 0 Å². The SMILES string of the molecule is Cc1ccc(N2C(=O)CCc3ccc4oc(-c5ccccc5)cc4c32)cc1. The lowest BCUT2D eigenvalue weighted by molar-refractivity contribution is -0.118. The Morgan fingerprint density at radius 2 is 1.67 bits per heavy atom. The second-order valence-electron chi connectivity index (χ2n) is 7.03. The molecular weight excluding hydrogens is 334 g/mol. The average Bonchev–Trinajstić information content (AvgIpc) is 3.14. The van der Waals surface area contributed by atoms with Gasteiger partial charge in [0, 0.05) is 23.1 Å². The van der Waals surface area contributed by atoms with E-state index in [0.29, 0.717) is 6.42 Å². The number of rotatable bonds is 2. The highest BCUT2D eigenvalue weighted by Crippen LogP contribution is 2.42. The molecule has 0 spiro atoms. The summed E-state index contributed by atoms with van der Waals surface area (Å²) in [5.74, 6) is 0.946. The van der Waals surface area contributed by atoms with Gasteiger partial charge in [-0.3, -0.25) is 9.69 Å². The van der Waals surface area contributed by atoms with Crippen LogP contribution in [-0.4, -0.2) is 5.91 Å². The number of benzene rings is 3. The van der Waals surface area contributed by atoms with Gasteiger partial charge in [-0.05, 0) is 43.2 Å². The molecule has 0 fully saturated rings. The van der Waals surface area contributed by atoms with Crippen molar-refractivity contribution in [3.8, 4) is 11.3 Å². The van der Waals surface area contributed by atoms with E-state index in [9.17, 15) is 4.79 Å². The molecule has 3 aromatic carbocycles. The van der Waals surface area contributed by atoms with Gasteiger partial charge >= 0.3 is 0 Å². The number of amides is 1. The third-order valence-corrected chi connectivity index (χ3v) is 5.19. The number of nitrogens with zero attached hydrogens (tertiary/aromatic N) is 1. The molecule has 0 saturated carbocycles. The quantitative estimate of drug-likeness (QED) is 0.441. The molecule has 5 rings (SSSR count). The van der Waals surface area contributed by atoms with Gasteiger partial charge in [-0.1, -0.05) is 54.1 Å². The highest BCUT2D eigenvalue weighted by atomic mass is 16.3. The van der Waals surface area contributed by atoms with Crippen LogP contribution in [0.4, 0.5) is 11.4 Å². The normalized spacial score (nSPS) is 13.8. The van der Waals surface area contributed by atoms with E-state index < -0.39 is 0 Å². The molecule has 3 nitrogen and oxygen atoms in total. The zero-order chi connectivity index (χ0) is 18.4. The first-order chi connectivity index (χ1) is 13.2. The number of fused-ring (bicyclic) bond motifs is 3. The molecule has 132 valence electrons. The highest BCUT2D eigenvalue weighted by Gasteiger charge is 2.28. The van der Waals surface area contributed by atoms with Crippen molar-refractivity contribution in [2.24, 2.45) is 0 Å². The smallest absolute Gasteiger partial charge is 0.231 e. The summed E-state index contributed by atoms with van der Waals surface area (Å²) in [6.07, 6.45) is 1.29. The Morgan fingerprint density at radius 3 is 2.44 bits per heavy atom. The number of carbonyl (C=O) groups excluding carboxylic acids is 1. The fourth-order valence-corrected chi connectivity index (χ4v) is 3.80.